The number of allylic oxidation sites excluding steroid dienone is 1. The zero-order valence-electron chi connectivity index (χ0n) is 8.22. The van der Waals surface area contributed by atoms with Crippen LogP contribution in [0.25, 0.3) is 0 Å². The molecular weight excluding hydrogens is 168 g/mol. The van der Waals surface area contributed by atoms with E-state index in [1.807, 2.05) is 20.8 Å². The van der Waals surface area contributed by atoms with Gasteiger partial charge in [0.2, 0.25) is 0 Å². The van der Waals surface area contributed by atoms with Gasteiger partial charge in [0.25, 0.3) is 0 Å². The summed E-state index contributed by atoms with van der Waals surface area (Å²) >= 11 is 1.63. The molecule has 0 radical (unpaired) electrons. The van der Waals surface area contributed by atoms with Gasteiger partial charge in [0.05, 0.1) is 0 Å². The fraction of sp³-hybridized carbons (Fsp3) is 0.556. The molecule has 0 saturated heterocycles. The van der Waals surface area contributed by atoms with E-state index in [0.29, 0.717) is 0 Å². The van der Waals surface area contributed by atoms with Gasteiger partial charge in [0.15, 0.2) is 5.17 Å². The first-order chi connectivity index (χ1) is 5.56. The zero-order chi connectivity index (χ0) is 9.56. The molecule has 2 nitrogen and oxygen atoms in total. The average molecular weight is 184 g/mol. The average Bonchev–Trinajstić information content (AvgIpc) is 1.84. The van der Waals surface area contributed by atoms with E-state index in [2.05, 4.69) is 23.5 Å². The molecule has 0 aromatic carbocycles. The van der Waals surface area contributed by atoms with Crippen LogP contribution in [0, 0.1) is 0 Å². The Kier molecular flexibility index (Phi) is 5.72. The van der Waals surface area contributed by atoms with Gasteiger partial charge in [-0.1, -0.05) is 25.3 Å². The van der Waals surface area contributed by atoms with E-state index in [1.54, 1.807) is 11.8 Å². The smallest absolute Gasteiger partial charge is 0.187 e. The summed E-state index contributed by atoms with van der Waals surface area (Å²) in [5, 5.41) is 0.810. The second-order valence-corrected chi connectivity index (χ2v) is 3.85. The molecule has 0 fully saturated rings. The quantitative estimate of drug-likeness (QED) is 0.478. The lowest BCUT2D eigenvalue weighted by Gasteiger charge is -1.98. The molecule has 0 aromatic heterocycles. The van der Waals surface area contributed by atoms with E-state index in [-0.39, 0.29) is 0 Å². The van der Waals surface area contributed by atoms with Crippen LogP contribution in [0.4, 0.5) is 0 Å². The normalized spacial score (nSPS) is 11.2. The summed E-state index contributed by atoms with van der Waals surface area (Å²) in [5.41, 5.74) is 1.83. The second-order valence-electron chi connectivity index (χ2n) is 2.62. The van der Waals surface area contributed by atoms with Gasteiger partial charge in [-0.25, -0.2) is 9.98 Å². The van der Waals surface area contributed by atoms with E-state index in [4.69, 9.17) is 0 Å². The highest BCUT2D eigenvalue weighted by Gasteiger charge is 1.95. The van der Waals surface area contributed by atoms with Crippen LogP contribution in [0.1, 0.15) is 27.7 Å². The molecule has 0 unspecified atom stereocenters. The van der Waals surface area contributed by atoms with Crippen LogP contribution in [0.5, 0.6) is 0 Å². The van der Waals surface area contributed by atoms with Crippen molar-refractivity contribution >= 4 is 22.6 Å². The summed E-state index contributed by atoms with van der Waals surface area (Å²) in [6.07, 6.45) is 0. The van der Waals surface area contributed by atoms with Crippen molar-refractivity contribution in [1.82, 2.24) is 0 Å². The number of hydrogen-bond acceptors (Lipinski definition) is 2. The molecule has 0 aliphatic heterocycles. The van der Waals surface area contributed by atoms with Crippen molar-refractivity contribution in [2.75, 3.05) is 5.75 Å². The summed E-state index contributed by atoms with van der Waals surface area (Å²) in [6, 6.07) is 0. The van der Waals surface area contributed by atoms with Gasteiger partial charge in [0.1, 0.15) is 0 Å². The number of rotatable bonds is 2. The van der Waals surface area contributed by atoms with Crippen molar-refractivity contribution in [3.63, 3.8) is 0 Å². The van der Waals surface area contributed by atoms with Crippen LogP contribution < -0.4 is 0 Å². The van der Waals surface area contributed by atoms with Crippen molar-refractivity contribution in [2.45, 2.75) is 27.7 Å². The Balaban J connectivity index is 4.43. The van der Waals surface area contributed by atoms with Gasteiger partial charge in [-0.3, -0.25) is 0 Å². The molecule has 0 spiro atoms. The van der Waals surface area contributed by atoms with Crippen LogP contribution in [-0.2, 0) is 0 Å². The van der Waals surface area contributed by atoms with Crippen LogP contribution in [0.2, 0.25) is 0 Å². The minimum atomic E-state index is 0.802. The van der Waals surface area contributed by atoms with Crippen molar-refractivity contribution in [3.05, 3.63) is 12.3 Å². The number of amidine groups is 1. The Bertz CT molecular complexity index is 213. The maximum atomic E-state index is 4.28. The van der Waals surface area contributed by atoms with E-state index in [9.17, 15) is 0 Å². The van der Waals surface area contributed by atoms with Gasteiger partial charge in [-0.15, -0.1) is 0 Å². The van der Waals surface area contributed by atoms with Gasteiger partial charge in [-0.05, 0) is 26.5 Å². The van der Waals surface area contributed by atoms with E-state index >= 15 is 0 Å². The Morgan fingerprint density at radius 1 is 1.25 bits per heavy atom. The molecular formula is C9H16N2S. The first-order valence-electron chi connectivity index (χ1n) is 3.95. The highest BCUT2D eigenvalue weighted by molar-refractivity contribution is 8.13. The van der Waals surface area contributed by atoms with Crippen molar-refractivity contribution in [1.29, 1.82) is 0 Å². The second kappa shape index (κ2) is 6.00. The molecule has 0 aliphatic rings. The predicted molar refractivity (Wildman–Crippen MR) is 59.2 cm³/mol. The molecule has 0 atom stereocenters. The maximum absolute atomic E-state index is 4.28. The van der Waals surface area contributed by atoms with Gasteiger partial charge in [0, 0.05) is 11.4 Å². The summed E-state index contributed by atoms with van der Waals surface area (Å²) in [7, 11) is 0. The third-order valence-corrected chi connectivity index (χ3v) is 1.61. The lowest BCUT2D eigenvalue weighted by atomic mass is 10.5. The Morgan fingerprint density at radius 3 is 2.17 bits per heavy atom. The van der Waals surface area contributed by atoms with E-state index in [0.717, 1.165) is 22.3 Å². The fourth-order valence-electron chi connectivity index (χ4n) is 0.573. The van der Waals surface area contributed by atoms with Crippen LogP contribution in [0.15, 0.2) is 22.3 Å². The standard InChI is InChI=1S/C9H16N2S/c1-6-12-9(10-7(2)3)11-8(4)5/h2,6H2,1,3-5H3. The van der Waals surface area contributed by atoms with Crippen LogP contribution >= 0.6 is 11.8 Å². The molecule has 12 heavy (non-hydrogen) atoms. The lowest BCUT2D eigenvalue weighted by molar-refractivity contribution is 1.32. The molecule has 0 N–H and O–H groups in total. The summed E-state index contributed by atoms with van der Waals surface area (Å²) in [4.78, 5) is 8.48. The minimum Gasteiger partial charge on any atom is -0.233 e. The third kappa shape index (κ3) is 6.16. The monoisotopic (exact) mass is 184 g/mol. The largest absolute Gasteiger partial charge is 0.233 e. The molecule has 0 aromatic rings. The number of thioether (sulfide) groups is 1. The Labute approximate surface area is 78.9 Å². The molecule has 0 amide bonds. The number of hydrogen-bond donors (Lipinski definition) is 0. The Hall–Kier alpha value is -0.570. The van der Waals surface area contributed by atoms with E-state index in [1.165, 1.54) is 0 Å². The maximum Gasteiger partial charge on any atom is 0.187 e. The SMILES string of the molecule is C=C(C)N=C(N=C(C)C)SCC. The molecule has 0 heterocycles. The van der Waals surface area contributed by atoms with Crippen molar-refractivity contribution in [3.8, 4) is 0 Å². The minimum absolute atomic E-state index is 0.802. The third-order valence-electron chi connectivity index (χ3n) is 0.879. The fourth-order valence-corrected chi connectivity index (χ4v) is 1.30. The first kappa shape index (κ1) is 11.4. The number of nitrogens with zero attached hydrogens (tertiary/aromatic N) is 2. The molecule has 0 saturated carbocycles. The predicted octanol–water partition coefficient (Wildman–Crippen LogP) is 3.11. The summed E-state index contributed by atoms with van der Waals surface area (Å²) in [5.74, 6) is 0.989. The van der Waals surface area contributed by atoms with Gasteiger partial charge < -0.3 is 0 Å². The van der Waals surface area contributed by atoms with Gasteiger partial charge >= 0.3 is 0 Å². The topological polar surface area (TPSA) is 24.7 Å². The van der Waals surface area contributed by atoms with E-state index < -0.39 is 0 Å². The van der Waals surface area contributed by atoms with Gasteiger partial charge in [-0.2, -0.15) is 0 Å². The molecule has 3 heteroatoms. The highest BCUT2D eigenvalue weighted by atomic mass is 32.2. The van der Waals surface area contributed by atoms with Crippen molar-refractivity contribution in [2.24, 2.45) is 9.98 Å². The zero-order valence-corrected chi connectivity index (χ0v) is 9.03. The number of aliphatic imine (C=N–C) groups is 2. The lowest BCUT2D eigenvalue weighted by Crippen LogP contribution is -1.93. The molecule has 0 aliphatic carbocycles. The van der Waals surface area contributed by atoms with Crippen LogP contribution in [0.3, 0.4) is 0 Å². The van der Waals surface area contributed by atoms with Crippen LogP contribution in [-0.4, -0.2) is 16.6 Å². The molecule has 68 valence electrons. The van der Waals surface area contributed by atoms with Crippen molar-refractivity contribution < 1.29 is 0 Å². The molecule has 0 rings (SSSR count). The molecule has 0 bridgehead atoms. The summed E-state index contributed by atoms with van der Waals surface area (Å²) < 4.78 is 0. The Morgan fingerprint density at radius 2 is 1.83 bits per heavy atom. The first-order valence-corrected chi connectivity index (χ1v) is 4.93. The summed E-state index contributed by atoms with van der Waals surface area (Å²) in [6.45, 7) is 11.6. The highest BCUT2D eigenvalue weighted by Crippen LogP contribution is 2.07.